The van der Waals surface area contributed by atoms with Crippen LogP contribution < -0.4 is 4.74 Å². The van der Waals surface area contributed by atoms with Gasteiger partial charge in [-0.15, -0.1) is 0 Å². The van der Waals surface area contributed by atoms with Gasteiger partial charge in [-0.05, 0) is 30.3 Å². The van der Waals surface area contributed by atoms with Crippen LogP contribution in [0.15, 0.2) is 48.5 Å². The molecular weight excluding hydrogens is 383 g/mol. The van der Waals surface area contributed by atoms with Crippen LogP contribution in [-0.4, -0.2) is 68.3 Å². The molecule has 0 saturated carbocycles. The van der Waals surface area contributed by atoms with E-state index in [1.165, 1.54) is 18.2 Å². The average molecular weight is 407 g/mol. The molecule has 3 rings (SSSR count). The van der Waals surface area contributed by atoms with Gasteiger partial charge in [0.2, 0.25) is 0 Å². The van der Waals surface area contributed by atoms with Crippen LogP contribution in [-0.2, 0) is 4.74 Å². The number of carbonyl (C=O) groups excluding carboxylic acids is 1. The number of benzene rings is 2. The third-order valence-corrected chi connectivity index (χ3v) is 4.93. The Labute approximate surface area is 169 Å². The van der Waals surface area contributed by atoms with Gasteiger partial charge in [0.25, 0.3) is 5.91 Å². The van der Waals surface area contributed by atoms with E-state index in [1.807, 2.05) is 30.3 Å². The number of hydrogen-bond donors (Lipinski definition) is 0. The summed E-state index contributed by atoms with van der Waals surface area (Å²) in [4.78, 5) is 16.6. The third-order valence-electron chi connectivity index (χ3n) is 4.61. The predicted octanol–water partition coefficient (Wildman–Crippen LogP) is 3.33. The summed E-state index contributed by atoms with van der Waals surface area (Å²) < 4.78 is 24.4. The molecule has 0 unspecified atom stereocenters. The molecule has 1 fully saturated rings. The average Bonchev–Trinajstić information content (AvgIpc) is 2.71. The van der Waals surface area contributed by atoms with Crippen molar-refractivity contribution < 1.29 is 18.7 Å². The van der Waals surface area contributed by atoms with Crippen molar-refractivity contribution in [2.45, 2.75) is 0 Å². The Bertz CT molecular complexity index is 768. The summed E-state index contributed by atoms with van der Waals surface area (Å²) in [5.41, 5.74) is 0.346. The standard InChI is InChI=1S/C21H24ClFN2O3/c22-20-16-17(23)6-7-19(20)21(26)25-10-8-24(9-11-25)12-13-27-14-15-28-18-4-2-1-3-5-18/h1-7,16H,8-15H2. The Morgan fingerprint density at radius 1 is 1.00 bits per heavy atom. The fourth-order valence-electron chi connectivity index (χ4n) is 3.04. The molecule has 1 amide bonds. The van der Waals surface area contributed by atoms with Crippen molar-refractivity contribution in [3.63, 3.8) is 0 Å². The van der Waals surface area contributed by atoms with Gasteiger partial charge >= 0.3 is 0 Å². The fourth-order valence-corrected chi connectivity index (χ4v) is 3.29. The second-order valence-corrected chi connectivity index (χ2v) is 6.94. The second kappa shape index (κ2) is 10.4. The minimum Gasteiger partial charge on any atom is -0.491 e. The van der Waals surface area contributed by atoms with Gasteiger partial charge in [-0.1, -0.05) is 29.8 Å². The van der Waals surface area contributed by atoms with Gasteiger partial charge in [0, 0.05) is 32.7 Å². The van der Waals surface area contributed by atoms with Crippen molar-refractivity contribution in [3.05, 3.63) is 64.9 Å². The molecule has 0 spiro atoms. The lowest BCUT2D eigenvalue weighted by Gasteiger charge is -2.34. The molecule has 150 valence electrons. The second-order valence-electron chi connectivity index (χ2n) is 6.53. The maximum absolute atomic E-state index is 13.2. The lowest BCUT2D eigenvalue weighted by Crippen LogP contribution is -2.49. The molecule has 0 atom stereocenters. The number of rotatable bonds is 8. The number of hydrogen-bond acceptors (Lipinski definition) is 4. The van der Waals surface area contributed by atoms with E-state index >= 15 is 0 Å². The summed E-state index contributed by atoms with van der Waals surface area (Å²) in [6.45, 7) is 5.26. The Hall–Kier alpha value is -2.15. The first-order chi connectivity index (χ1) is 13.6. The Kier molecular flexibility index (Phi) is 7.65. The summed E-state index contributed by atoms with van der Waals surface area (Å²) in [6, 6.07) is 13.5. The molecule has 2 aromatic carbocycles. The van der Waals surface area contributed by atoms with Gasteiger partial charge in [0.15, 0.2) is 0 Å². The molecule has 28 heavy (non-hydrogen) atoms. The molecule has 0 N–H and O–H groups in total. The van der Waals surface area contributed by atoms with Crippen LogP contribution in [0.4, 0.5) is 4.39 Å². The highest BCUT2D eigenvalue weighted by atomic mass is 35.5. The number of ether oxygens (including phenoxy) is 2. The normalized spacial score (nSPS) is 14.9. The molecule has 1 heterocycles. The smallest absolute Gasteiger partial charge is 0.255 e. The van der Waals surface area contributed by atoms with Crippen LogP contribution in [0.3, 0.4) is 0 Å². The lowest BCUT2D eigenvalue weighted by molar-refractivity contribution is 0.0505. The van der Waals surface area contributed by atoms with E-state index in [4.69, 9.17) is 21.1 Å². The molecule has 5 nitrogen and oxygen atoms in total. The van der Waals surface area contributed by atoms with Gasteiger partial charge in [0.05, 0.1) is 23.8 Å². The van der Waals surface area contributed by atoms with Crippen LogP contribution >= 0.6 is 11.6 Å². The van der Waals surface area contributed by atoms with Crippen molar-refractivity contribution >= 4 is 17.5 Å². The summed E-state index contributed by atoms with van der Waals surface area (Å²) in [5.74, 6) is 0.243. The van der Waals surface area contributed by atoms with Gasteiger partial charge in [-0.25, -0.2) is 4.39 Å². The minimum absolute atomic E-state index is 0.151. The first-order valence-corrected chi connectivity index (χ1v) is 9.73. The zero-order valence-corrected chi connectivity index (χ0v) is 16.4. The van der Waals surface area contributed by atoms with Crippen molar-refractivity contribution in [1.29, 1.82) is 0 Å². The van der Waals surface area contributed by atoms with Gasteiger partial charge < -0.3 is 14.4 Å². The lowest BCUT2D eigenvalue weighted by atomic mass is 10.1. The maximum atomic E-state index is 13.2. The van der Waals surface area contributed by atoms with Crippen molar-refractivity contribution in [2.75, 3.05) is 52.5 Å². The molecule has 7 heteroatoms. The minimum atomic E-state index is -0.444. The molecule has 1 aliphatic rings. The third kappa shape index (κ3) is 5.92. The Balaban J connectivity index is 1.31. The van der Waals surface area contributed by atoms with E-state index in [0.717, 1.165) is 25.4 Å². The van der Waals surface area contributed by atoms with E-state index in [2.05, 4.69) is 4.90 Å². The van der Waals surface area contributed by atoms with E-state index in [0.29, 0.717) is 38.5 Å². The van der Waals surface area contributed by atoms with Crippen molar-refractivity contribution in [3.8, 4) is 5.75 Å². The topological polar surface area (TPSA) is 42.0 Å². The number of piperazine rings is 1. The maximum Gasteiger partial charge on any atom is 0.255 e. The summed E-state index contributed by atoms with van der Waals surface area (Å²) >= 11 is 6.00. The van der Waals surface area contributed by atoms with Gasteiger partial charge in [0.1, 0.15) is 18.2 Å². The zero-order valence-electron chi connectivity index (χ0n) is 15.7. The largest absolute Gasteiger partial charge is 0.491 e. The molecular formula is C21H24ClFN2O3. The zero-order chi connectivity index (χ0) is 19.8. The monoisotopic (exact) mass is 406 g/mol. The number of halogens is 2. The summed E-state index contributed by atoms with van der Waals surface area (Å²) in [7, 11) is 0. The number of amides is 1. The molecule has 0 bridgehead atoms. The molecule has 0 aromatic heterocycles. The number of nitrogens with zero attached hydrogens (tertiary/aromatic N) is 2. The van der Waals surface area contributed by atoms with Gasteiger partial charge in [-0.2, -0.15) is 0 Å². The molecule has 0 aliphatic carbocycles. The van der Waals surface area contributed by atoms with Crippen molar-refractivity contribution in [2.24, 2.45) is 0 Å². The van der Waals surface area contributed by atoms with E-state index in [9.17, 15) is 9.18 Å². The Morgan fingerprint density at radius 3 is 2.46 bits per heavy atom. The fraction of sp³-hybridized carbons (Fsp3) is 0.381. The quantitative estimate of drug-likeness (QED) is 0.631. The molecule has 1 saturated heterocycles. The van der Waals surface area contributed by atoms with E-state index in [1.54, 1.807) is 4.90 Å². The van der Waals surface area contributed by atoms with Crippen LogP contribution in [0.25, 0.3) is 0 Å². The summed E-state index contributed by atoms with van der Waals surface area (Å²) in [5, 5.41) is 0.151. The number of carbonyl (C=O) groups is 1. The highest BCUT2D eigenvalue weighted by molar-refractivity contribution is 6.33. The SMILES string of the molecule is O=C(c1ccc(F)cc1Cl)N1CCN(CCOCCOc2ccccc2)CC1. The Morgan fingerprint density at radius 2 is 1.75 bits per heavy atom. The first-order valence-electron chi connectivity index (χ1n) is 9.36. The highest BCUT2D eigenvalue weighted by Crippen LogP contribution is 2.20. The molecule has 2 aromatic rings. The highest BCUT2D eigenvalue weighted by Gasteiger charge is 2.23. The first kappa shape index (κ1) is 20.6. The van der Waals surface area contributed by atoms with Crippen LogP contribution in [0, 0.1) is 5.82 Å². The van der Waals surface area contributed by atoms with Crippen LogP contribution in [0.5, 0.6) is 5.75 Å². The molecule has 1 aliphatic heterocycles. The predicted molar refractivity (Wildman–Crippen MR) is 107 cm³/mol. The van der Waals surface area contributed by atoms with E-state index < -0.39 is 5.82 Å². The van der Waals surface area contributed by atoms with Crippen molar-refractivity contribution in [1.82, 2.24) is 9.80 Å². The van der Waals surface area contributed by atoms with E-state index in [-0.39, 0.29) is 10.9 Å². The number of para-hydroxylation sites is 1. The van der Waals surface area contributed by atoms with Crippen LogP contribution in [0.1, 0.15) is 10.4 Å². The van der Waals surface area contributed by atoms with Crippen LogP contribution in [0.2, 0.25) is 5.02 Å². The molecule has 0 radical (unpaired) electrons. The summed E-state index contributed by atoms with van der Waals surface area (Å²) in [6.07, 6.45) is 0. The van der Waals surface area contributed by atoms with Gasteiger partial charge in [-0.3, -0.25) is 9.69 Å².